The van der Waals surface area contributed by atoms with E-state index in [1.165, 1.54) is 0 Å². The van der Waals surface area contributed by atoms with Crippen molar-refractivity contribution in [2.45, 2.75) is 6.92 Å². The first-order valence-corrected chi connectivity index (χ1v) is 6.98. The molecule has 1 aromatic carbocycles. The number of hydrogen-bond donors (Lipinski definition) is 1. The minimum atomic E-state index is 0.293. The van der Waals surface area contributed by atoms with Crippen LogP contribution in [0.15, 0.2) is 34.3 Å². The molecule has 88 valence electrons. The van der Waals surface area contributed by atoms with E-state index in [0.717, 1.165) is 21.7 Å². The molecule has 0 bridgehead atoms. The van der Waals surface area contributed by atoms with Crippen LogP contribution in [0, 0.1) is 6.92 Å². The number of hydrogen-bond acceptors (Lipinski definition) is 4. The Bertz CT molecular complexity index is 505. The standard InChI is InChI=1S/C12H13N3OSe/c1-9-8-17-12(14-9)15-13-7-10-3-5-11(16-2)6-4-10/h3-8H,1-2H3,(H,14,15)/b13-7+. The zero-order chi connectivity index (χ0) is 12.1. The molecule has 0 saturated carbocycles. The van der Waals surface area contributed by atoms with E-state index >= 15 is 0 Å². The molecule has 0 aliphatic heterocycles. The SMILES string of the molecule is COc1ccc(/C=N/Nc2nc(C)c[se]2)cc1. The molecular weight excluding hydrogens is 281 g/mol. The first-order chi connectivity index (χ1) is 8.28. The number of hydrazone groups is 1. The van der Waals surface area contributed by atoms with Crippen molar-refractivity contribution in [2.24, 2.45) is 5.10 Å². The monoisotopic (exact) mass is 295 g/mol. The fourth-order valence-corrected chi connectivity index (χ4v) is 2.59. The predicted octanol–water partition coefficient (Wildman–Crippen LogP) is 1.90. The molecule has 5 heteroatoms. The van der Waals surface area contributed by atoms with Crippen molar-refractivity contribution in [3.05, 3.63) is 40.5 Å². The van der Waals surface area contributed by atoms with Crippen molar-refractivity contribution in [1.29, 1.82) is 0 Å². The van der Waals surface area contributed by atoms with Crippen molar-refractivity contribution in [1.82, 2.24) is 4.98 Å². The summed E-state index contributed by atoms with van der Waals surface area (Å²) in [6.07, 6.45) is 1.77. The van der Waals surface area contributed by atoms with Crippen LogP contribution in [0.5, 0.6) is 5.75 Å². The van der Waals surface area contributed by atoms with Gasteiger partial charge >= 0.3 is 106 Å². The van der Waals surface area contributed by atoms with Crippen LogP contribution in [0.4, 0.5) is 4.69 Å². The van der Waals surface area contributed by atoms with Crippen molar-refractivity contribution < 1.29 is 4.74 Å². The minimum absolute atomic E-state index is 0.293. The Balaban J connectivity index is 1.95. The van der Waals surface area contributed by atoms with Gasteiger partial charge in [0, 0.05) is 0 Å². The Labute approximate surface area is 106 Å². The molecule has 1 heterocycles. The molecule has 0 saturated heterocycles. The number of methoxy groups -OCH3 is 1. The normalized spacial score (nSPS) is 10.7. The van der Waals surface area contributed by atoms with Crippen LogP contribution in [0.3, 0.4) is 0 Å². The third kappa shape index (κ3) is 3.44. The van der Waals surface area contributed by atoms with Gasteiger partial charge in [0.2, 0.25) is 0 Å². The summed E-state index contributed by atoms with van der Waals surface area (Å²) in [5.41, 5.74) is 5.04. The molecule has 2 rings (SSSR count). The molecule has 0 atom stereocenters. The third-order valence-corrected chi connectivity index (χ3v) is 3.92. The van der Waals surface area contributed by atoms with E-state index in [2.05, 4.69) is 20.5 Å². The number of aryl methyl sites for hydroxylation is 1. The average molecular weight is 294 g/mol. The van der Waals surface area contributed by atoms with E-state index in [-0.39, 0.29) is 0 Å². The number of anilines is 1. The topological polar surface area (TPSA) is 46.5 Å². The Morgan fingerprint density at radius 2 is 2.12 bits per heavy atom. The van der Waals surface area contributed by atoms with Gasteiger partial charge in [0.1, 0.15) is 0 Å². The summed E-state index contributed by atoms with van der Waals surface area (Å²) in [5.74, 6) is 0.846. The molecule has 0 aliphatic carbocycles. The molecule has 0 fully saturated rings. The Morgan fingerprint density at radius 1 is 1.35 bits per heavy atom. The number of nitrogens with one attached hydrogen (secondary N) is 1. The second kappa shape index (κ2) is 5.66. The van der Waals surface area contributed by atoms with Gasteiger partial charge in [-0.1, -0.05) is 0 Å². The molecule has 2 aromatic rings. The summed E-state index contributed by atoms with van der Waals surface area (Å²) in [6.45, 7) is 1.99. The summed E-state index contributed by atoms with van der Waals surface area (Å²) in [5, 5.41) is 4.15. The van der Waals surface area contributed by atoms with Gasteiger partial charge in [-0.3, -0.25) is 0 Å². The second-order valence-electron chi connectivity index (χ2n) is 3.44. The van der Waals surface area contributed by atoms with E-state index in [1.807, 2.05) is 31.2 Å². The van der Waals surface area contributed by atoms with E-state index < -0.39 is 0 Å². The Morgan fingerprint density at radius 3 is 2.71 bits per heavy atom. The quantitative estimate of drug-likeness (QED) is 0.532. The summed E-state index contributed by atoms with van der Waals surface area (Å²) in [6, 6.07) is 7.72. The van der Waals surface area contributed by atoms with E-state index in [4.69, 9.17) is 4.74 Å². The number of benzene rings is 1. The Hall–Kier alpha value is -1.58. The van der Waals surface area contributed by atoms with Crippen LogP contribution in [0.2, 0.25) is 0 Å². The number of rotatable bonds is 4. The van der Waals surface area contributed by atoms with Gasteiger partial charge in [-0.2, -0.15) is 0 Å². The molecule has 4 nitrogen and oxygen atoms in total. The summed E-state index contributed by atoms with van der Waals surface area (Å²) < 4.78 is 6.03. The number of nitrogens with zero attached hydrogens (tertiary/aromatic N) is 2. The van der Waals surface area contributed by atoms with Gasteiger partial charge in [-0.15, -0.1) is 0 Å². The summed E-state index contributed by atoms with van der Waals surface area (Å²) in [4.78, 5) is 6.43. The van der Waals surface area contributed by atoms with Crippen LogP contribution in [0.25, 0.3) is 0 Å². The van der Waals surface area contributed by atoms with E-state index in [9.17, 15) is 0 Å². The first-order valence-electron chi connectivity index (χ1n) is 5.13. The zero-order valence-corrected chi connectivity index (χ0v) is 11.4. The summed E-state index contributed by atoms with van der Waals surface area (Å²) >= 11 is 0.293. The van der Waals surface area contributed by atoms with Crippen molar-refractivity contribution in [3.63, 3.8) is 0 Å². The van der Waals surface area contributed by atoms with Crippen LogP contribution in [0.1, 0.15) is 11.3 Å². The van der Waals surface area contributed by atoms with Gasteiger partial charge in [0.05, 0.1) is 0 Å². The molecular formula is C12H13N3OSe. The molecule has 0 amide bonds. The number of aromatic nitrogens is 1. The fraction of sp³-hybridized carbons (Fsp3) is 0.167. The van der Waals surface area contributed by atoms with Crippen LogP contribution in [-0.4, -0.2) is 32.8 Å². The first kappa shape index (κ1) is 11.9. The second-order valence-corrected chi connectivity index (χ2v) is 5.24. The molecule has 1 aromatic heterocycles. The van der Waals surface area contributed by atoms with Crippen LogP contribution < -0.4 is 10.2 Å². The maximum absolute atomic E-state index is 5.08. The van der Waals surface area contributed by atoms with E-state index in [0.29, 0.717) is 14.5 Å². The van der Waals surface area contributed by atoms with E-state index in [1.54, 1.807) is 13.3 Å². The van der Waals surface area contributed by atoms with Crippen molar-refractivity contribution in [2.75, 3.05) is 12.5 Å². The fourth-order valence-electron chi connectivity index (χ4n) is 1.26. The van der Waals surface area contributed by atoms with Gasteiger partial charge in [-0.05, 0) is 0 Å². The Kier molecular flexibility index (Phi) is 3.96. The molecule has 0 unspecified atom stereocenters. The predicted molar refractivity (Wildman–Crippen MR) is 70.1 cm³/mol. The molecule has 0 radical (unpaired) electrons. The zero-order valence-electron chi connectivity index (χ0n) is 9.68. The average Bonchev–Trinajstić information content (AvgIpc) is 2.76. The molecule has 0 spiro atoms. The van der Waals surface area contributed by atoms with Crippen LogP contribution in [-0.2, 0) is 0 Å². The van der Waals surface area contributed by atoms with Gasteiger partial charge in [0.25, 0.3) is 0 Å². The van der Waals surface area contributed by atoms with Crippen LogP contribution >= 0.6 is 0 Å². The number of ether oxygens (including phenoxy) is 1. The molecule has 1 N–H and O–H groups in total. The van der Waals surface area contributed by atoms with Gasteiger partial charge < -0.3 is 0 Å². The molecule has 17 heavy (non-hydrogen) atoms. The van der Waals surface area contributed by atoms with Gasteiger partial charge in [0.15, 0.2) is 0 Å². The van der Waals surface area contributed by atoms with Crippen molar-refractivity contribution in [3.8, 4) is 5.75 Å². The van der Waals surface area contributed by atoms with Gasteiger partial charge in [-0.25, -0.2) is 0 Å². The molecule has 0 aliphatic rings. The summed E-state index contributed by atoms with van der Waals surface area (Å²) in [7, 11) is 1.65. The van der Waals surface area contributed by atoms with Crippen molar-refractivity contribution >= 4 is 25.4 Å². The maximum atomic E-state index is 5.08. The third-order valence-electron chi connectivity index (χ3n) is 2.11.